The maximum atomic E-state index is 9.56. The molecule has 6 heteroatoms. The van der Waals surface area contributed by atoms with E-state index in [1.54, 1.807) is 0 Å². The van der Waals surface area contributed by atoms with Crippen molar-refractivity contribution in [1.82, 2.24) is 2.85 Å². The van der Waals surface area contributed by atoms with Crippen molar-refractivity contribution in [3.63, 3.8) is 0 Å². The molecular formula is HBrClNO2S. The molecule has 3 nitrogen and oxygen atoms in total. The Morgan fingerprint density at radius 1 is 2.00 bits per heavy atom. The van der Waals surface area contributed by atoms with Crippen LogP contribution >= 0.6 is 27.9 Å². The highest BCUT2D eigenvalue weighted by molar-refractivity contribution is 9.09. The van der Waals surface area contributed by atoms with Gasteiger partial charge in [-0.2, -0.15) is 0 Å². The lowest BCUT2D eigenvalue weighted by Gasteiger charge is -1.89. The van der Waals surface area contributed by atoms with Crippen molar-refractivity contribution in [1.29, 1.82) is 0 Å². The number of rotatable bonds is 1. The summed E-state index contributed by atoms with van der Waals surface area (Å²) in [6.45, 7) is 0. The molecule has 0 spiro atoms. The van der Waals surface area contributed by atoms with E-state index >= 15 is 0 Å². The van der Waals surface area contributed by atoms with Gasteiger partial charge in [0.2, 0.25) is 0 Å². The Balaban J connectivity index is 3.26. The van der Waals surface area contributed by atoms with E-state index in [1.165, 1.54) is 0 Å². The maximum Gasteiger partial charge on any atom is 0.260 e. The molecule has 0 saturated carbocycles. The van der Waals surface area contributed by atoms with Gasteiger partial charge in [0.15, 0.2) is 0 Å². The summed E-state index contributed by atoms with van der Waals surface area (Å²) in [5.74, 6) is 0. The van der Waals surface area contributed by atoms with E-state index in [1.807, 2.05) is 0 Å². The monoisotopic (exact) mass is 193 g/mol. The molecule has 1 atom stereocenters. The minimum absolute atomic E-state index is 0.479. The van der Waals surface area contributed by atoms with Crippen LogP contribution in [0.1, 0.15) is 0 Å². The third-order valence-corrected chi connectivity index (χ3v) is 1.45. The predicted octanol–water partition coefficient (Wildman–Crippen LogP) is 0.889. The van der Waals surface area contributed by atoms with E-state index in [-0.39, 0.29) is 0 Å². The van der Waals surface area contributed by atoms with Gasteiger partial charge in [-0.25, -0.2) is 4.21 Å². The second-order valence-corrected chi connectivity index (χ2v) is 3.38. The second-order valence-electron chi connectivity index (χ2n) is 0.433. The maximum absolute atomic E-state index is 9.56. The summed E-state index contributed by atoms with van der Waals surface area (Å²) in [6.07, 6.45) is 0. The van der Waals surface area contributed by atoms with Gasteiger partial charge in [-0.15, -0.1) is 0 Å². The average molecular weight is 194 g/mol. The first-order valence-electron chi connectivity index (χ1n) is 0.870. The quantitative estimate of drug-likeness (QED) is 0.497. The van der Waals surface area contributed by atoms with Crippen molar-refractivity contribution in [3.05, 3.63) is 0 Å². The van der Waals surface area contributed by atoms with Crippen LogP contribution in [0.5, 0.6) is 0 Å². The molecule has 0 radical (unpaired) electrons. The van der Waals surface area contributed by atoms with Gasteiger partial charge in [-0.3, -0.25) is 4.55 Å². The lowest BCUT2D eigenvalue weighted by atomic mass is 13.9. The van der Waals surface area contributed by atoms with Crippen molar-refractivity contribution in [2.75, 3.05) is 0 Å². The van der Waals surface area contributed by atoms with Crippen LogP contribution in [-0.2, 0) is 11.3 Å². The zero-order chi connectivity index (χ0) is 5.15. The van der Waals surface area contributed by atoms with Crippen LogP contribution in [0.15, 0.2) is 0 Å². The molecule has 0 aromatic rings. The molecule has 0 aliphatic heterocycles. The Morgan fingerprint density at radius 2 is 2.17 bits per heavy atom. The highest BCUT2D eigenvalue weighted by Gasteiger charge is 1.96. The SMILES string of the molecule is O=S(O)N(Cl)Br. The van der Waals surface area contributed by atoms with Crippen molar-refractivity contribution in [2.45, 2.75) is 0 Å². The van der Waals surface area contributed by atoms with E-state index in [0.717, 1.165) is 0 Å². The Hall–Kier alpha value is 0.840. The summed E-state index contributed by atoms with van der Waals surface area (Å²) in [7, 11) is 0. The fourth-order valence-electron chi connectivity index (χ4n) is 0. The Labute approximate surface area is 51.1 Å². The highest BCUT2D eigenvalue weighted by atomic mass is 79.9. The van der Waals surface area contributed by atoms with Crippen LogP contribution in [0, 0.1) is 0 Å². The fraction of sp³-hybridized carbons (Fsp3) is 0. The molecule has 0 aliphatic carbocycles. The Kier molecular flexibility index (Phi) is 3.33. The second kappa shape index (κ2) is 2.92. The minimum Gasteiger partial charge on any atom is -0.292 e. The molecule has 0 aromatic carbocycles. The lowest BCUT2D eigenvalue weighted by Crippen LogP contribution is -1.98. The van der Waals surface area contributed by atoms with Crippen LogP contribution in [0.2, 0.25) is 0 Å². The molecule has 0 heterocycles. The summed E-state index contributed by atoms with van der Waals surface area (Å²) in [5, 5.41) is 0. The van der Waals surface area contributed by atoms with Gasteiger partial charge >= 0.3 is 0 Å². The molecule has 0 aromatic heterocycles. The smallest absolute Gasteiger partial charge is 0.260 e. The zero-order valence-corrected chi connectivity index (χ0v) is 5.63. The number of nitrogens with zero attached hydrogens (tertiary/aromatic N) is 1. The minimum atomic E-state index is -2.10. The Morgan fingerprint density at radius 3 is 2.17 bits per heavy atom. The fourth-order valence-corrected chi connectivity index (χ4v) is 0. The first kappa shape index (κ1) is 6.84. The topological polar surface area (TPSA) is 40.5 Å². The molecule has 0 bridgehead atoms. The average Bonchev–Trinajstić information content (AvgIpc) is 1.36. The van der Waals surface area contributed by atoms with Gasteiger partial charge in [0.05, 0.1) is 0 Å². The van der Waals surface area contributed by atoms with Crippen LogP contribution < -0.4 is 0 Å². The van der Waals surface area contributed by atoms with Crippen LogP contribution in [0.4, 0.5) is 0 Å². The van der Waals surface area contributed by atoms with Gasteiger partial charge in [-0.1, -0.05) is 0 Å². The number of hydrogen-bond donors (Lipinski definition) is 1. The van der Waals surface area contributed by atoms with E-state index in [4.69, 9.17) is 16.3 Å². The molecule has 38 valence electrons. The highest BCUT2D eigenvalue weighted by Crippen LogP contribution is 2.02. The molecule has 1 unspecified atom stereocenters. The normalized spacial score (nSPS) is 15.3. The standard InChI is InChI=1S/BrClHNO2S/c1-3(2)6(4)5/h(H,4,5). The van der Waals surface area contributed by atoms with Crippen LogP contribution in [-0.4, -0.2) is 11.6 Å². The van der Waals surface area contributed by atoms with Gasteiger partial charge in [0.25, 0.3) is 11.3 Å². The Bertz CT molecular complexity index is 64.6. The third-order valence-electron chi connectivity index (χ3n) is 0.118. The molecule has 0 rings (SSSR count). The number of halogens is 2. The molecule has 0 saturated heterocycles. The molecule has 0 fully saturated rings. The first-order valence-corrected chi connectivity index (χ1v) is 2.98. The summed E-state index contributed by atoms with van der Waals surface area (Å²) < 4.78 is 17.9. The van der Waals surface area contributed by atoms with E-state index in [9.17, 15) is 4.21 Å². The van der Waals surface area contributed by atoms with Crippen LogP contribution in [0.3, 0.4) is 0 Å². The summed E-state index contributed by atoms with van der Waals surface area (Å²) in [4.78, 5) is 0. The summed E-state index contributed by atoms with van der Waals surface area (Å²) in [5.41, 5.74) is 0. The number of hydrogen-bond acceptors (Lipinski definition) is 1. The van der Waals surface area contributed by atoms with Gasteiger partial charge < -0.3 is 0 Å². The largest absolute Gasteiger partial charge is 0.292 e. The van der Waals surface area contributed by atoms with E-state index in [0.29, 0.717) is 2.85 Å². The van der Waals surface area contributed by atoms with E-state index < -0.39 is 11.3 Å². The van der Waals surface area contributed by atoms with Crippen LogP contribution in [0.25, 0.3) is 0 Å². The van der Waals surface area contributed by atoms with Gasteiger partial charge in [0.1, 0.15) is 0 Å². The van der Waals surface area contributed by atoms with Crippen molar-refractivity contribution >= 4 is 39.2 Å². The van der Waals surface area contributed by atoms with Gasteiger partial charge in [-0.05, 0) is 2.85 Å². The summed E-state index contributed by atoms with van der Waals surface area (Å²) in [6, 6.07) is 0. The van der Waals surface area contributed by atoms with Crippen molar-refractivity contribution in [3.8, 4) is 0 Å². The van der Waals surface area contributed by atoms with Crippen molar-refractivity contribution in [2.24, 2.45) is 0 Å². The summed E-state index contributed by atoms with van der Waals surface area (Å²) >= 11 is 5.20. The first-order chi connectivity index (χ1) is 2.64. The molecule has 0 amide bonds. The van der Waals surface area contributed by atoms with Crippen molar-refractivity contribution < 1.29 is 8.76 Å². The molecule has 6 heavy (non-hydrogen) atoms. The van der Waals surface area contributed by atoms with E-state index in [2.05, 4.69) is 16.1 Å². The lowest BCUT2D eigenvalue weighted by molar-refractivity contribution is 0.549. The molecule has 0 aliphatic rings. The zero-order valence-electron chi connectivity index (χ0n) is 2.47. The molecular weight excluding hydrogens is 193 g/mol. The van der Waals surface area contributed by atoms with Gasteiger partial charge in [0, 0.05) is 27.9 Å². The predicted molar refractivity (Wildman–Crippen MR) is 27.4 cm³/mol. The molecule has 1 N–H and O–H groups in total. The third kappa shape index (κ3) is 3.05.